The van der Waals surface area contributed by atoms with Crippen LogP contribution in [-0.2, 0) is 4.74 Å². The lowest BCUT2D eigenvalue weighted by Gasteiger charge is -2.26. The van der Waals surface area contributed by atoms with Crippen molar-refractivity contribution >= 4 is 5.91 Å². The standard InChI is InChI=1S/C13H16N6O3/c20-12(16-3-4-19-5-7-21-8-6-19)13-17-11(18-22-13)10-9-14-1-2-15-10/h1-2,9H,3-8H2,(H,16,20). The van der Waals surface area contributed by atoms with Crippen LogP contribution in [0.25, 0.3) is 11.5 Å². The number of amides is 1. The number of hydrogen-bond acceptors (Lipinski definition) is 8. The van der Waals surface area contributed by atoms with Crippen LogP contribution in [0.2, 0.25) is 0 Å². The fourth-order valence-corrected chi connectivity index (χ4v) is 2.06. The third-order valence-corrected chi connectivity index (χ3v) is 3.23. The Kier molecular flexibility index (Phi) is 4.66. The number of carbonyl (C=O) groups is 1. The van der Waals surface area contributed by atoms with Gasteiger partial charge in [-0.2, -0.15) is 4.98 Å². The summed E-state index contributed by atoms with van der Waals surface area (Å²) in [6, 6.07) is 0. The first-order valence-electron chi connectivity index (χ1n) is 7.01. The molecule has 0 aromatic carbocycles. The molecular formula is C13H16N6O3. The van der Waals surface area contributed by atoms with Crippen molar-refractivity contribution in [3.63, 3.8) is 0 Å². The maximum absolute atomic E-state index is 11.9. The van der Waals surface area contributed by atoms with E-state index in [2.05, 4.69) is 30.3 Å². The number of rotatable bonds is 5. The molecule has 1 saturated heterocycles. The Morgan fingerprint density at radius 2 is 2.18 bits per heavy atom. The summed E-state index contributed by atoms with van der Waals surface area (Å²) >= 11 is 0. The molecule has 9 heteroatoms. The minimum atomic E-state index is -0.393. The second kappa shape index (κ2) is 7.05. The van der Waals surface area contributed by atoms with E-state index in [1.165, 1.54) is 12.4 Å². The highest BCUT2D eigenvalue weighted by molar-refractivity contribution is 5.89. The third kappa shape index (κ3) is 3.62. The highest BCUT2D eigenvalue weighted by Gasteiger charge is 2.17. The molecule has 2 aromatic rings. The van der Waals surface area contributed by atoms with Gasteiger partial charge in [0.05, 0.1) is 19.4 Å². The zero-order valence-corrected chi connectivity index (χ0v) is 11.9. The van der Waals surface area contributed by atoms with Crippen LogP contribution in [0.4, 0.5) is 0 Å². The Balaban J connectivity index is 1.51. The van der Waals surface area contributed by atoms with Crippen LogP contribution >= 0.6 is 0 Å². The molecule has 0 aliphatic carbocycles. The summed E-state index contributed by atoms with van der Waals surface area (Å²) in [5.41, 5.74) is 0.457. The molecule has 9 nitrogen and oxygen atoms in total. The predicted molar refractivity (Wildman–Crippen MR) is 74.9 cm³/mol. The van der Waals surface area contributed by atoms with Gasteiger partial charge in [0.15, 0.2) is 0 Å². The Labute approximate surface area is 126 Å². The van der Waals surface area contributed by atoms with Gasteiger partial charge in [0.25, 0.3) is 0 Å². The molecule has 1 amide bonds. The molecule has 0 unspecified atom stereocenters. The summed E-state index contributed by atoms with van der Waals surface area (Å²) in [6.07, 6.45) is 4.57. The number of morpholine rings is 1. The van der Waals surface area contributed by atoms with Gasteiger partial charge in [0.2, 0.25) is 5.82 Å². The maximum atomic E-state index is 11.9. The van der Waals surface area contributed by atoms with Gasteiger partial charge >= 0.3 is 11.8 Å². The number of carbonyl (C=O) groups excluding carboxylic acids is 1. The van der Waals surface area contributed by atoms with E-state index in [0.29, 0.717) is 12.2 Å². The molecule has 1 fully saturated rings. The van der Waals surface area contributed by atoms with Gasteiger partial charge in [0, 0.05) is 38.6 Å². The molecule has 3 rings (SSSR count). The van der Waals surface area contributed by atoms with E-state index in [1.54, 1.807) is 6.20 Å². The van der Waals surface area contributed by atoms with Gasteiger partial charge in [-0.15, -0.1) is 0 Å². The van der Waals surface area contributed by atoms with Gasteiger partial charge in [-0.25, -0.2) is 4.98 Å². The number of ether oxygens (including phenoxy) is 1. The molecule has 0 bridgehead atoms. The number of nitrogens with one attached hydrogen (secondary N) is 1. The first kappa shape index (κ1) is 14.5. The monoisotopic (exact) mass is 304 g/mol. The number of hydrogen-bond donors (Lipinski definition) is 1. The van der Waals surface area contributed by atoms with E-state index >= 15 is 0 Å². The Morgan fingerprint density at radius 3 is 2.95 bits per heavy atom. The molecule has 1 aliphatic rings. The molecule has 1 N–H and O–H groups in total. The fraction of sp³-hybridized carbons (Fsp3) is 0.462. The first-order valence-corrected chi connectivity index (χ1v) is 7.01. The normalized spacial score (nSPS) is 15.6. The van der Waals surface area contributed by atoms with E-state index in [0.717, 1.165) is 32.8 Å². The number of nitrogens with zero attached hydrogens (tertiary/aromatic N) is 5. The van der Waals surface area contributed by atoms with E-state index in [4.69, 9.17) is 9.26 Å². The highest BCUT2D eigenvalue weighted by Crippen LogP contribution is 2.10. The minimum absolute atomic E-state index is 0.0809. The van der Waals surface area contributed by atoms with Crippen LogP contribution in [0.5, 0.6) is 0 Å². The molecule has 0 radical (unpaired) electrons. The van der Waals surface area contributed by atoms with Crippen LogP contribution in [0.3, 0.4) is 0 Å². The number of aromatic nitrogens is 4. The van der Waals surface area contributed by atoms with Crippen LogP contribution in [0.1, 0.15) is 10.7 Å². The van der Waals surface area contributed by atoms with Gasteiger partial charge in [-0.1, -0.05) is 5.16 Å². The van der Waals surface area contributed by atoms with Crippen molar-refractivity contribution in [3.8, 4) is 11.5 Å². The molecule has 0 atom stereocenters. The minimum Gasteiger partial charge on any atom is -0.379 e. The molecule has 0 spiro atoms. The third-order valence-electron chi connectivity index (χ3n) is 3.23. The largest absolute Gasteiger partial charge is 0.379 e. The molecule has 3 heterocycles. The van der Waals surface area contributed by atoms with Crippen molar-refractivity contribution in [2.45, 2.75) is 0 Å². The predicted octanol–water partition coefficient (Wildman–Crippen LogP) is -0.411. The average molecular weight is 304 g/mol. The maximum Gasteiger partial charge on any atom is 0.316 e. The van der Waals surface area contributed by atoms with Gasteiger partial charge in [-0.05, 0) is 0 Å². The van der Waals surface area contributed by atoms with Crippen LogP contribution < -0.4 is 5.32 Å². The summed E-state index contributed by atoms with van der Waals surface area (Å²) in [5.74, 6) is -0.232. The van der Waals surface area contributed by atoms with Crippen LogP contribution in [-0.4, -0.2) is 70.3 Å². The molecule has 116 valence electrons. The average Bonchev–Trinajstić information content (AvgIpc) is 3.07. The van der Waals surface area contributed by atoms with E-state index in [9.17, 15) is 4.79 Å². The molecule has 2 aromatic heterocycles. The summed E-state index contributed by atoms with van der Waals surface area (Å²) in [7, 11) is 0. The zero-order chi connectivity index (χ0) is 15.2. The van der Waals surface area contributed by atoms with E-state index in [-0.39, 0.29) is 11.7 Å². The first-order chi connectivity index (χ1) is 10.8. The quantitative estimate of drug-likeness (QED) is 0.794. The van der Waals surface area contributed by atoms with Crippen molar-refractivity contribution in [3.05, 3.63) is 24.5 Å². The molecule has 22 heavy (non-hydrogen) atoms. The van der Waals surface area contributed by atoms with Crippen LogP contribution in [0, 0.1) is 0 Å². The SMILES string of the molecule is O=C(NCCN1CCOCC1)c1nc(-c2cnccn2)no1. The van der Waals surface area contributed by atoms with E-state index < -0.39 is 5.91 Å². The Morgan fingerprint density at radius 1 is 1.32 bits per heavy atom. The summed E-state index contributed by atoms with van der Waals surface area (Å²) in [6.45, 7) is 4.51. The molecular weight excluding hydrogens is 288 g/mol. The van der Waals surface area contributed by atoms with Crippen molar-refractivity contribution < 1.29 is 14.1 Å². The molecule has 0 saturated carbocycles. The lowest BCUT2D eigenvalue weighted by Crippen LogP contribution is -2.41. The summed E-state index contributed by atoms with van der Waals surface area (Å²) in [4.78, 5) is 26.2. The summed E-state index contributed by atoms with van der Waals surface area (Å²) in [5, 5.41) is 6.49. The van der Waals surface area contributed by atoms with Crippen LogP contribution in [0.15, 0.2) is 23.1 Å². The smallest absolute Gasteiger partial charge is 0.316 e. The van der Waals surface area contributed by atoms with Gasteiger partial charge in [0.1, 0.15) is 5.69 Å². The highest BCUT2D eigenvalue weighted by atomic mass is 16.5. The summed E-state index contributed by atoms with van der Waals surface area (Å²) < 4.78 is 10.2. The second-order valence-corrected chi connectivity index (χ2v) is 4.72. The molecule has 1 aliphatic heterocycles. The van der Waals surface area contributed by atoms with Crippen molar-refractivity contribution in [1.29, 1.82) is 0 Å². The second-order valence-electron chi connectivity index (χ2n) is 4.72. The van der Waals surface area contributed by atoms with Gasteiger partial charge in [-0.3, -0.25) is 14.7 Å². The van der Waals surface area contributed by atoms with Crippen molar-refractivity contribution in [2.75, 3.05) is 39.4 Å². The van der Waals surface area contributed by atoms with Crippen molar-refractivity contribution in [1.82, 2.24) is 30.3 Å². The Hall–Kier alpha value is -2.39. The lowest BCUT2D eigenvalue weighted by molar-refractivity contribution is 0.0382. The lowest BCUT2D eigenvalue weighted by atomic mass is 10.4. The topological polar surface area (TPSA) is 106 Å². The van der Waals surface area contributed by atoms with Gasteiger partial charge < -0.3 is 14.6 Å². The van der Waals surface area contributed by atoms with E-state index in [1.807, 2.05) is 0 Å². The van der Waals surface area contributed by atoms with Crippen molar-refractivity contribution in [2.24, 2.45) is 0 Å². The zero-order valence-electron chi connectivity index (χ0n) is 11.9. The fourth-order valence-electron chi connectivity index (χ4n) is 2.06. The Bertz CT molecular complexity index is 611.